The second-order valence-corrected chi connectivity index (χ2v) is 9.08. The molecule has 2 heterocycles. The highest BCUT2D eigenvalue weighted by Gasteiger charge is 2.28. The number of hydrogen-bond acceptors (Lipinski definition) is 4. The molecule has 0 spiro atoms. The van der Waals surface area contributed by atoms with Crippen LogP contribution in [0.15, 0.2) is 47.5 Å². The molecule has 0 aliphatic carbocycles. The Bertz CT molecular complexity index is 828. The van der Waals surface area contributed by atoms with Crippen LogP contribution in [0.1, 0.15) is 16.1 Å². The number of amides is 1. The average Bonchev–Trinajstić information content (AvgIpc) is 3.13. The van der Waals surface area contributed by atoms with E-state index in [1.54, 1.807) is 23.7 Å². The van der Waals surface area contributed by atoms with Crippen molar-refractivity contribution in [3.8, 4) is 0 Å². The van der Waals surface area contributed by atoms with E-state index in [1.807, 2.05) is 30.3 Å². The van der Waals surface area contributed by atoms with Gasteiger partial charge in [0.1, 0.15) is 10.6 Å². The van der Waals surface area contributed by atoms with E-state index in [1.165, 1.54) is 16.6 Å². The summed E-state index contributed by atoms with van der Waals surface area (Å²) in [7, 11) is -1.84. The summed E-state index contributed by atoms with van der Waals surface area (Å²) in [6.07, 6.45) is 1.40. The van der Waals surface area contributed by atoms with Crippen molar-refractivity contribution in [1.82, 2.24) is 14.2 Å². The van der Waals surface area contributed by atoms with Crippen LogP contribution in [-0.2, 0) is 16.6 Å². The fourth-order valence-electron chi connectivity index (χ4n) is 2.72. The number of carbonyl (C=O) groups is 1. The van der Waals surface area contributed by atoms with Crippen molar-refractivity contribution in [2.75, 3.05) is 31.6 Å². The summed E-state index contributed by atoms with van der Waals surface area (Å²) in [4.78, 5) is 17.1. The van der Waals surface area contributed by atoms with Crippen LogP contribution in [0.4, 0.5) is 0 Å². The largest absolute Gasteiger partial charge is 0.356 e. The van der Waals surface area contributed by atoms with Crippen LogP contribution in [0.25, 0.3) is 0 Å². The van der Waals surface area contributed by atoms with E-state index in [4.69, 9.17) is 0 Å². The van der Waals surface area contributed by atoms with Gasteiger partial charge in [0.05, 0.1) is 0 Å². The van der Waals surface area contributed by atoms with Gasteiger partial charge in [0.2, 0.25) is 10.0 Å². The maximum absolute atomic E-state index is 12.7. The number of nitrogens with one attached hydrogen (secondary N) is 1. The summed E-state index contributed by atoms with van der Waals surface area (Å²) in [5.74, 6) is 1.37. The number of H-pyrrole nitrogens is 1. The fourth-order valence-corrected chi connectivity index (χ4v) is 5.29. The summed E-state index contributed by atoms with van der Waals surface area (Å²) >= 11 is 1.75. The lowest BCUT2D eigenvalue weighted by atomic mass is 10.2. The first-order chi connectivity index (χ1) is 12.0. The molecule has 8 heteroatoms. The second-order valence-electron chi connectivity index (χ2n) is 5.91. The Balaban J connectivity index is 1.73. The van der Waals surface area contributed by atoms with Crippen LogP contribution in [0.3, 0.4) is 0 Å². The highest BCUT2D eigenvalue weighted by molar-refractivity contribution is 7.99. The van der Waals surface area contributed by atoms with Gasteiger partial charge < -0.3 is 9.88 Å². The predicted octanol–water partition coefficient (Wildman–Crippen LogP) is 2.02. The van der Waals surface area contributed by atoms with Gasteiger partial charge in [-0.1, -0.05) is 30.3 Å². The van der Waals surface area contributed by atoms with Gasteiger partial charge in [0.25, 0.3) is 5.91 Å². The summed E-state index contributed by atoms with van der Waals surface area (Å²) in [6.45, 7) is 1.48. The van der Waals surface area contributed by atoms with Crippen LogP contribution in [0.5, 0.6) is 0 Å². The number of rotatable bonds is 5. The molecule has 0 unspecified atom stereocenters. The highest BCUT2D eigenvalue weighted by atomic mass is 32.2. The molecule has 0 bridgehead atoms. The van der Waals surface area contributed by atoms with Crippen LogP contribution in [0.2, 0.25) is 0 Å². The lowest BCUT2D eigenvalue weighted by Gasteiger charge is -2.24. The minimum absolute atomic E-state index is 0.149. The number of aromatic amines is 1. The maximum atomic E-state index is 12.7. The monoisotopic (exact) mass is 379 g/mol. The minimum Gasteiger partial charge on any atom is -0.356 e. The Morgan fingerprint density at radius 3 is 2.60 bits per heavy atom. The first-order valence-electron chi connectivity index (χ1n) is 8.04. The molecular weight excluding hydrogens is 358 g/mol. The zero-order valence-corrected chi connectivity index (χ0v) is 15.6. The van der Waals surface area contributed by atoms with Gasteiger partial charge in [0, 0.05) is 44.4 Å². The lowest BCUT2D eigenvalue weighted by Crippen LogP contribution is -2.37. The van der Waals surface area contributed by atoms with Crippen molar-refractivity contribution in [3.05, 3.63) is 53.9 Å². The van der Waals surface area contributed by atoms with E-state index in [2.05, 4.69) is 4.98 Å². The standard InChI is InChI=1S/C17H21N3O3S2/c1-19(13-14-5-3-2-4-6-14)17(21)16-11-15(12-18-16)25(22,23)20-7-9-24-10-8-20/h2-6,11-12,18H,7-10,13H2,1H3. The van der Waals surface area contributed by atoms with Gasteiger partial charge in [-0.2, -0.15) is 16.1 Å². The van der Waals surface area contributed by atoms with E-state index >= 15 is 0 Å². The summed E-state index contributed by atoms with van der Waals surface area (Å²) in [6, 6.07) is 11.1. The van der Waals surface area contributed by atoms with E-state index in [0.717, 1.165) is 17.1 Å². The molecule has 1 aromatic carbocycles. The zero-order valence-electron chi connectivity index (χ0n) is 14.0. The topological polar surface area (TPSA) is 73.5 Å². The summed E-state index contributed by atoms with van der Waals surface area (Å²) < 4.78 is 26.8. The Morgan fingerprint density at radius 1 is 1.24 bits per heavy atom. The Morgan fingerprint density at radius 2 is 1.92 bits per heavy atom. The van der Waals surface area contributed by atoms with E-state index in [0.29, 0.717) is 19.6 Å². The van der Waals surface area contributed by atoms with Gasteiger partial charge in [-0.05, 0) is 11.6 Å². The molecular formula is C17H21N3O3S2. The number of aromatic nitrogens is 1. The minimum atomic E-state index is -3.54. The van der Waals surface area contributed by atoms with Crippen molar-refractivity contribution in [2.24, 2.45) is 0 Å². The second kappa shape index (κ2) is 7.63. The molecule has 1 amide bonds. The quantitative estimate of drug-likeness (QED) is 0.863. The van der Waals surface area contributed by atoms with Crippen LogP contribution >= 0.6 is 11.8 Å². The SMILES string of the molecule is CN(Cc1ccccc1)C(=O)c1cc(S(=O)(=O)N2CCSCC2)c[nH]1. The van der Waals surface area contributed by atoms with Gasteiger partial charge in [-0.25, -0.2) is 8.42 Å². The van der Waals surface area contributed by atoms with Crippen molar-refractivity contribution in [2.45, 2.75) is 11.4 Å². The molecule has 25 heavy (non-hydrogen) atoms. The third-order valence-electron chi connectivity index (χ3n) is 4.10. The normalized spacial score (nSPS) is 15.9. The molecule has 1 fully saturated rings. The zero-order chi connectivity index (χ0) is 17.9. The Hall–Kier alpha value is -1.77. The number of nitrogens with zero attached hydrogens (tertiary/aromatic N) is 2. The number of sulfonamides is 1. The molecule has 1 aliphatic heterocycles. The van der Waals surface area contributed by atoms with Crippen molar-refractivity contribution >= 4 is 27.7 Å². The first kappa shape index (κ1) is 18.0. The van der Waals surface area contributed by atoms with Gasteiger partial charge in [0.15, 0.2) is 0 Å². The van der Waals surface area contributed by atoms with E-state index in [-0.39, 0.29) is 16.5 Å². The molecule has 1 aromatic heterocycles. The highest BCUT2D eigenvalue weighted by Crippen LogP contribution is 2.21. The summed E-state index contributed by atoms with van der Waals surface area (Å²) in [5.41, 5.74) is 1.30. The van der Waals surface area contributed by atoms with Crippen molar-refractivity contribution in [3.63, 3.8) is 0 Å². The van der Waals surface area contributed by atoms with E-state index in [9.17, 15) is 13.2 Å². The molecule has 1 N–H and O–H groups in total. The number of benzene rings is 1. The third-order valence-corrected chi connectivity index (χ3v) is 6.92. The molecule has 0 radical (unpaired) electrons. The molecule has 3 rings (SSSR count). The number of carbonyl (C=O) groups excluding carboxylic acids is 1. The maximum Gasteiger partial charge on any atom is 0.270 e. The first-order valence-corrected chi connectivity index (χ1v) is 10.6. The molecule has 0 atom stereocenters. The molecule has 1 aliphatic rings. The van der Waals surface area contributed by atoms with Gasteiger partial charge >= 0.3 is 0 Å². The Labute approximate surface area is 152 Å². The Kier molecular flexibility index (Phi) is 5.51. The smallest absolute Gasteiger partial charge is 0.270 e. The predicted molar refractivity (Wildman–Crippen MR) is 99.1 cm³/mol. The molecule has 0 saturated carbocycles. The number of thioether (sulfide) groups is 1. The van der Waals surface area contributed by atoms with Crippen LogP contribution < -0.4 is 0 Å². The molecule has 1 saturated heterocycles. The number of hydrogen-bond donors (Lipinski definition) is 1. The average molecular weight is 380 g/mol. The molecule has 6 nitrogen and oxygen atoms in total. The van der Waals surface area contributed by atoms with Gasteiger partial charge in [-0.15, -0.1) is 0 Å². The van der Waals surface area contributed by atoms with Crippen LogP contribution in [0, 0.1) is 0 Å². The summed E-state index contributed by atoms with van der Waals surface area (Å²) in [5, 5.41) is 0. The fraction of sp³-hybridized carbons (Fsp3) is 0.353. The third kappa shape index (κ3) is 4.08. The van der Waals surface area contributed by atoms with Crippen molar-refractivity contribution in [1.29, 1.82) is 0 Å². The van der Waals surface area contributed by atoms with Gasteiger partial charge in [-0.3, -0.25) is 4.79 Å². The molecule has 134 valence electrons. The van der Waals surface area contributed by atoms with Crippen molar-refractivity contribution < 1.29 is 13.2 Å². The lowest BCUT2D eigenvalue weighted by molar-refractivity contribution is 0.0780. The van der Waals surface area contributed by atoms with E-state index < -0.39 is 10.0 Å². The molecule has 2 aromatic rings. The van der Waals surface area contributed by atoms with Crippen LogP contribution in [-0.4, -0.2) is 60.2 Å².